The smallest absolute Gasteiger partial charge is 0.408 e. The summed E-state index contributed by atoms with van der Waals surface area (Å²) in [6, 6.07) is 8.41. The fraction of sp³-hybridized carbons (Fsp3) is 0.400. The predicted molar refractivity (Wildman–Crippen MR) is 117 cm³/mol. The van der Waals surface area contributed by atoms with E-state index in [2.05, 4.69) is 21.7 Å². The van der Waals surface area contributed by atoms with E-state index in [1.54, 1.807) is 44.7 Å². The number of nitriles is 1. The van der Waals surface area contributed by atoms with Crippen molar-refractivity contribution < 1.29 is 14.3 Å². The van der Waals surface area contributed by atoms with Crippen molar-refractivity contribution in [3.05, 3.63) is 35.2 Å². The average Bonchev–Trinajstić information content (AvgIpc) is 3.12. The molecule has 1 aromatic carbocycles. The van der Waals surface area contributed by atoms with Gasteiger partial charge in [-0.1, -0.05) is 12.1 Å². The number of hydrogen-bond acceptors (Lipinski definition) is 7. The summed E-state index contributed by atoms with van der Waals surface area (Å²) < 4.78 is 5.26. The van der Waals surface area contributed by atoms with Crippen molar-refractivity contribution in [3.63, 3.8) is 0 Å². The molecular formula is C20H24N4O3S2. The lowest BCUT2D eigenvalue weighted by molar-refractivity contribution is -0.118. The lowest BCUT2D eigenvalue weighted by atomic mass is 10.1. The Bertz CT molecular complexity index is 882. The van der Waals surface area contributed by atoms with Gasteiger partial charge in [0.05, 0.1) is 17.3 Å². The molecule has 0 saturated heterocycles. The first-order chi connectivity index (χ1) is 13.7. The summed E-state index contributed by atoms with van der Waals surface area (Å²) in [5.74, 6) is 0.369. The fourth-order valence-electron chi connectivity index (χ4n) is 2.33. The number of thiazole rings is 1. The van der Waals surface area contributed by atoms with Crippen LogP contribution in [-0.2, 0) is 9.53 Å². The Morgan fingerprint density at radius 2 is 2.00 bits per heavy atom. The molecule has 0 aliphatic carbocycles. The second-order valence-electron chi connectivity index (χ2n) is 7.20. The summed E-state index contributed by atoms with van der Waals surface area (Å²) in [5, 5.41) is 16.6. The van der Waals surface area contributed by atoms with Crippen LogP contribution in [0.3, 0.4) is 0 Å². The van der Waals surface area contributed by atoms with Crippen molar-refractivity contribution in [3.8, 4) is 17.3 Å². The summed E-state index contributed by atoms with van der Waals surface area (Å²) in [6.07, 6.45) is 1.78. The molecule has 0 radical (unpaired) electrons. The number of nitrogens with one attached hydrogen (secondary N) is 2. The van der Waals surface area contributed by atoms with Crippen molar-refractivity contribution in [2.75, 3.05) is 17.3 Å². The largest absolute Gasteiger partial charge is 0.444 e. The molecule has 2 rings (SSSR count). The molecule has 1 atom stereocenters. The Morgan fingerprint density at radius 1 is 1.31 bits per heavy atom. The van der Waals surface area contributed by atoms with Gasteiger partial charge in [0, 0.05) is 10.9 Å². The second-order valence-corrected chi connectivity index (χ2v) is 9.04. The van der Waals surface area contributed by atoms with E-state index in [9.17, 15) is 9.59 Å². The number of carbonyl (C=O) groups excluding carboxylic acids is 2. The van der Waals surface area contributed by atoms with Crippen molar-refractivity contribution in [2.24, 2.45) is 0 Å². The first-order valence-electron chi connectivity index (χ1n) is 8.97. The molecule has 9 heteroatoms. The van der Waals surface area contributed by atoms with E-state index in [1.807, 2.05) is 23.8 Å². The maximum atomic E-state index is 12.7. The van der Waals surface area contributed by atoms with Gasteiger partial charge in [-0.15, -0.1) is 11.3 Å². The molecule has 1 heterocycles. The summed E-state index contributed by atoms with van der Waals surface area (Å²) in [7, 11) is 0. The zero-order chi connectivity index (χ0) is 21.4. The first kappa shape index (κ1) is 22.7. The Morgan fingerprint density at radius 3 is 2.59 bits per heavy atom. The third kappa shape index (κ3) is 7.40. The molecule has 29 heavy (non-hydrogen) atoms. The summed E-state index contributed by atoms with van der Waals surface area (Å²) in [6.45, 7) is 5.30. The Hall–Kier alpha value is -2.57. The average molecular weight is 433 g/mol. The molecular weight excluding hydrogens is 408 g/mol. The fourth-order valence-corrected chi connectivity index (χ4v) is 3.52. The molecule has 0 bridgehead atoms. The maximum Gasteiger partial charge on any atom is 0.408 e. The Labute approximate surface area is 178 Å². The number of nitrogens with zero attached hydrogens (tertiary/aromatic N) is 2. The van der Waals surface area contributed by atoms with E-state index in [1.165, 1.54) is 11.3 Å². The van der Waals surface area contributed by atoms with E-state index in [0.717, 1.165) is 5.56 Å². The highest BCUT2D eigenvalue weighted by Crippen LogP contribution is 2.25. The SMILES string of the molecule is CSCCC(NC(=O)OC(C)(C)C)C(=O)Nc1nc(-c2ccc(C#N)cc2)cs1. The van der Waals surface area contributed by atoms with Gasteiger partial charge in [-0.3, -0.25) is 4.79 Å². The van der Waals surface area contributed by atoms with Gasteiger partial charge in [-0.25, -0.2) is 9.78 Å². The Kier molecular flexibility index (Phi) is 8.05. The minimum Gasteiger partial charge on any atom is -0.444 e. The molecule has 2 N–H and O–H groups in total. The van der Waals surface area contributed by atoms with Crippen LogP contribution in [0.15, 0.2) is 29.6 Å². The minimum atomic E-state index is -0.723. The molecule has 7 nitrogen and oxygen atoms in total. The monoisotopic (exact) mass is 432 g/mol. The Balaban J connectivity index is 2.05. The topological polar surface area (TPSA) is 104 Å². The van der Waals surface area contributed by atoms with Gasteiger partial charge in [-0.05, 0) is 51.3 Å². The van der Waals surface area contributed by atoms with E-state index in [0.29, 0.717) is 28.6 Å². The van der Waals surface area contributed by atoms with E-state index < -0.39 is 17.7 Å². The third-order valence-electron chi connectivity index (χ3n) is 3.66. The summed E-state index contributed by atoms with van der Waals surface area (Å²) in [4.78, 5) is 29.2. The van der Waals surface area contributed by atoms with Crippen LogP contribution in [0.5, 0.6) is 0 Å². The maximum absolute atomic E-state index is 12.7. The van der Waals surface area contributed by atoms with Gasteiger partial charge in [0.1, 0.15) is 11.6 Å². The molecule has 0 fully saturated rings. The molecule has 0 saturated carbocycles. The molecule has 2 amide bonds. The number of hydrogen-bond donors (Lipinski definition) is 2. The van der Waals surface area contributed by atoms with Gasteiger partial charge >= 0.3 is 6.09 Å². The number of thioether (sulfide) groups is 1. The van der Waals surface area contributed by atoms with E-state index in [-0.39, 0.29) is 5.91 Å². The van der Waals surface area contributed by atoms with Gasteiger partial charge in [0.25, 0.3) is 0 Å². The van der Waals surface area contributed by atoms with E-state index >= 15 is 0 Å². The van der Waals surface area contributed by atoms with Crippen molar-refractivity contribution in [2.45, 2.75) is 38.8 Å². The van der Waals surface area contributed by atoms with Gasteiger partial charge in [0.15, 0.2) is 5.13 Å². The first-order valence-corrected chi connectivity index (χ1v) is 11.2. The summed E-state index contributed by atoms with van der Waals surface area (Å²) in [5.41, 5.74) is 1.49. The van der Waals surface area contributed by atoms with Crippen LogP contribution < -0.4 is 10.6 Å². The van der Waals surface area contributed by atoms with Crippen LogP contribution in [0.1, 0.15) is 32.8 Å². The number of ether oxygens (including phenoxy) is 1. The van der Waals surface area contributed by atoms with Crippen LogP contribution in [0.2, 0.25) is 0 Å². The normalized spacial score (nSPS) is 12.0. The van der Waals surface area contributed by atoms with E-state index in [4.69, 9.17) is 10.00 Å². The highest BCUT2D eigenvalue weighted by atomic mass is 32.2. The number of amides is 2. The van der Waals surface area contributed by atoms with Gasteiger partial charge in [0.2, 0.25) is 5.91 Å². The lowest BCUT2D eigenvalue weighted by Gasteiger charge is -2.23. The molecule has 1 aromatic heterocycles. The zero-order valence-corrected chi connectivity index (χ0v) is 18.4. The summed E-state index contributed by atoms with van der Waals surface area (Å²) >= 11 is 2.89. The number of anilines is 1. The quantitative estimate of drug-likeness (QED) is 0.677. The molecule has 0 spiro atoms. The lowest BCUT2D eigenvalue weighted by Crippen LogP contribution is -2.46. The highest BCUT2D eigenvalue weighted by molar-refractivity contribution is 7.98. The standard InChI is InChI=1S/C20H24N4O3S2/c1-20(2,3)27-19(26)23-15(9-10-28-4)17(25)24-18-22-16(12-29-18)14-7-5-13(11-21)6-8-14/h5-8,12,15H,9-10H2,1-4H3,(H,23,26)(H,22,24,25). The van der Waals surface area contributed by atoms with Crippen molar-refractivity contribution in [1.29, 1.82) is 5.26 Å². The minimum absolute atomic E-state index is 0.342. The number of aromatic nitrogens is 1. The van der Waals surface area contributed by atoms with Crippen molar-refractivity contribution >= 4 is 40.2 Å². The predicted octanol–water partition coefficient (Wildman–Crippen LogP) is 4.27. The van der Waals surface area contributed by atoms with Crippen LogP contribution in [0.25, 0.3) is 11.3 Å². The van der Waals surface area contributed by atoms with Crippen molar-refractivity contribution in [1.82, 2.24) is 10.3 Å². The number of alkyl carbamates (subject to hydrolysis) is 1. The second kappa shape index (κ2) is 10.3. The molecule has 2 aromatic rings. The van der Waals surface area contributed by atoms with Crippen LogP contribution in [0.4, 0.5) is 9.93 Å². The van der Waals surface area contributed by atoms with Crippen LogP contribution in [-0.4, -0.2) is 40.6 Å². The molecule has 0 aliphatic rings. The molecule has 1 unspecified atom stereocenters. The van der Waals surface area contributed by atoms with Crippen LogP contribution >= 0.6 is 23.1 Å². The van der Waals surface area contributed by atoms with Gasteiger partial charge < -0.3 is 15.4 Å². The number of carbonyl (C=O) groups is 2. The number of rotatable bonds is 7. The number of benzene rings is 1. The van der Waals surface area contributed by atoms with Crippen LogP contribution in [0, 0.1) is 11.3 Å². The molecule has 154 valence electrons. The highest BCUT2D eigenvalue weighted by Gasteiger charge is 2.24. The molecule has 0 aliphatic heterocycles. The third-order valence-corrected chi connectivity index (χ3v) is 5.06. The zero-order valence-electron chi connectivity index (χ0n) is 16.8. The van der Waals surface area contributed by atoms with Gasteiger partial charge in [-0.2, -0.15) is 17.0 Å².